The first-order valence-electron chi connectivity index (χ1n) is 8.63. The lowest BCUT2D eigenvalue weighted by atomic mass is 9.81. The number of nitrogens with zero attached hydrogens (tertiary/aromatic N) is 1. The molecule has 0 bridgehead atoms. The van der Waals surface area contributed by atoms with Crippen molar-refractivity contribution >= 4 is 18.3 Å². The van der Waals surface area contributed by atoms with E-state index in [2.05, 4.69) is 6.92 Å². The Balaban J connectivity index is 0.00000220. The first kappa shape index (κ1) is 18.8. The lowest BCUT2D eigenvalue weighted by molar-refractivity contribution is -0.134. The average Bonchev–Trinajstić information content (AvgIpc) is 2.49. The maximum atomic E-state index is 12.5. The molecule has 2 N–H and O–H groups in total. The maximum Gasteiger partial charge on any atom is 0.222 e. The highest BCUT2D eigenvalue weighted by Crippen LogP contribution is 2.31. The van der Waals surface area contributed by atoms with Gasteiger partial charge in [-0.15, -0.1) is 12.4 Å². The van der Waals surface area contributed by atoms with Gasteiger partial charge in [0.15, 0.2) is 0 Å². The number of halogens is 1. The largest absolute Gasteiger partial charge is 0.343 e. The number of hydrogen-bond donors (Lipinski definition) is 1. The zero-order valence-electron chi connectivity index (χ0n) is 13.7. The standard InChI is InChI=1S/C17H32N2O.ClH/c1-3-13-8-10-15(11-9-13)19(2)17(20)12-14-6-4-5-7-16(14)18;/h13-16H,3-12,18H2,1-2H3;1H. The van der Waals surface area contributed by atoms with Crippen molar-refractivity contribution in [2.75, 3.05) is 7.05 Å². The van der Waals surface area contributed by atoms with Crippen molar-refractivity contribution in [3.8, 4) is 0 Å². The van der Waals surface area contributed by atoms with Gasteiger partial charge in [0.05, 0.1) is 0 Å². The molecule has 2 fully saturated rings. The van der Waals surface area contributed by atoms with E-state index in [-0.39, 0.29) is 18.4 Å². The molecule has 0 spiro atoms. The first-order chi connectivity index (χ1) is 9.61. The van der Waals surface area contributed by atoms with E-state index in [1.807, 2.05) is 11.9 Å². The van der Waals surface area contributed by atoms with Crippen molar-refractivity contribution < 1.29 is 4.79 Å². The quantitative estimate of drug-likeness (QED) is 0.858. The van der Waals surface area contributed by atoms with E-state index >= 15 is 0 Å². The van der Waals surface area contributed by atoms with E-state index in [1.165, 1.54) is 44.9 Å². The molecular formula is C17H33ClN2O. The molecule has 0 saturated heterocycles. The molecule has 124 valence electrons. The van der Waals surface area contributed by atoms with Crippen molar-refractivity contribution in [3.05, 3.63) is 0 Å². The molecule has 0 aromatic rings. The lowest BCUT2D eigenvalue weighted by Gasteiger charge is -2.36. The maximum absolute atomic E-state index is 12.5. The van der Waals surface area contributed by atoms with Crippen LogP contribution in [0, 0.1) is 11.8 Å². The summed E-state index contributed by atoms with van der Waals surface area (Å²) in [6.45, 7) is 2.28. The smallest absolute Gasteiger partial charge is 0.222 e. The highest BCUT2D eigenvalue weighted by molar-refractivity contribution is 5.85. The molecule has 0 aromatic heterocycles. The van der Waals surface area contributed by atoms with E-state index in [1.54, 1.807) is 0 Å². The zero-order chi connectivity index (χ0) is 14.5. The lowest BCUT2D eigenvalue weighted by Crippen LogP contribution is -2.42. The van der Waals surface area contributed by atoms with Crippen LogP contribution in [0.1, 0.15) is 71.1 Å². The predicted molar refractivity (Wildman–Crippen MR) is 90.6 cm³/mol. The second kappa shape index (κ2) is 8.99. The van der Waals surface area contributed by atoms with Crippen LogP contribution in [0.25, 0.3) is 0 Å². The number of hydrogen-bond acceptors (Lipinski definition) is 2. The molecule has 0 aromatic carbocycles. The summed E-state index contributed by atoms with van der Waals surface area (Å²) in [6.07, 6.45) is 11.7. The fourth-order valence-electron chi connectivity index (χ4n) is 4.00. The normalized spacial score (nSPS) is 33.1. The van der Waals surface area contributed by atoms with Crippen molar-refractivity contribution in [1.82, 2.24) is 4.90 Å². The molecule has 2 atom stereocenters. The van der Waals surface area contributed by atoms with Gasteiger partial charge in [-0.2, -0.15) is 0 Å². The number of amides is 1. The van der Waals surface area contributed by atoms with Crippen molar-refractivity contribution in [2.24, 2.45) is 17.6 Å². The minimum absolute atomic E-state index is 0. The Morgan fingerprint density at radius 2 is 1.71 bits per heavy atom. The predicted octanol–water partition coefficient (Wildman–Crippen LogP) is 3.74. The Morgan fingerprint density at radius 1 is 1.10 bits per heavy atom. The summed E-state index contributed by atoms with van der Waals surface area (Å²) in [6, 6.07) is 0.724. The molecule has 2 rings (SSSR count). The van der Waals surface area contributed by atoms with Crippen LogP contribution in [0.3, 0.4) is 0 Å². The van der Waals surface area contributed by atoms with Gasteiger partial charge in [-0.3, -0.25) is 4.79 Å². The Bertz CT molecular complexity index is 316. The fourth-order valence-corrected chi connectivity index (χ4v) is 4.00. The first-order valence-corrected chi connectivity index (χ1v) is 8.63. The van der Waals surface area contributed by atoms with Crippen molar-refractivity contribution in [2.45, 2.75) is 83.2 Å². The van der Waals surface area contributed by atoms with E-state index in [9.17, 15) is 4.79 Å². The number of nitrogens with two attached hydrogens (primary N) is 1. The highest BCUT2D eigenvalue weighted by Gasteiger charge is 2.29. The molecule has 0 heterocycles. The number of carbonyl (C=O) groups excluding carboxylic acids is 1. The molecule has 0 radical (unpaired) electrons. The second-order valence-electron chi connectivity index (χ2n) is 7.00. The molecule has 4 heteroatoms. The van der Waals surface area contributed by atoms with Crippen LogP contribution in [-0.4, -0.2) is 29.9 Å². The van der Waals surface area contributed by atoms with Gasteiger partial charge in [0, 0.05) is 25.6 Å². The van der Waals surface area contributed by atoms with Crippen LogP contribution in [0.5, 0.6) is 0 Å². The SMILES string of the molecule is CCC1CCC(N(C)C(=O)CC2CCCCC2N)CC1.Cl. The fraction of sp³-hybridized carbons (Fsp3) is 0.941. The van der Waals surface area contributed by atoms with Crippen molar-refractivity contribution in [3.63, 3.8) is 0 Å². The van der Waals surface area contributed by atoms with Gasteiger partial charge in [0.25, 0.3) is 0 Å². The topological polar surface area (TPSA) is 46.3 Å². The number of carbonyl (C=O) groups is 1. The molecule has 2 aliphatic rings. The minimum atomic E-state index is 0. The highest BCUT2D eigenvalue weighted by atomic mass is 35.5. The molecule has 3 nitrogen and oxygen atoms in total. The molecule has 21 heavy (non-hydrogen) atoms. The average molecular weight is 317 g/mol. The Labute approximate surface area is 136 Å². The summed E-state index contributed by atoms with van der Waals surface area (Å²) in [4.78, 5) is 14.5. The van der Waals surface area contributed by atoms with Gasteiger partial charge < -0.3 is 10.6 Å². The summed E-state index contributed by atoms with van der Waals surface area (Å²) < 4.78 is 0. The monoisotopic (exact) mass is 316 g/mol. The third-order valence-electron chi connectivity index (χ3n) is 5.74. The van der Waals surface area contributed by atoms with E-state index in [0.717, 1.165) is 18.8 Å². The molecule has 2 unspecified atom stereocenters. The zero-order valence-corrected chi connectivity index (χ0v) is 14.5. The van der Waals surface area contributed by atoms with Crippen LogP contribution in [0.2, 0.25) is 0 Å². The molecule has 1 amide bonds. The summed E-state index contributed by atoms with van der Waals surface area (Å²) in [5, 5.41) is 0. The van der Waals surface area contributed by atoms with Gasteiger partial charge >= 0.3 is 0 Å². The van der Waals surface area contributed by atoms with Gasteiger partial charge in [0.2, 0.25) is 5.91 Å². The minimum Gasteiger partial charge on any atom is -0.343 e. The van der Waals surface area contributed by atoms with Gasteiger partial charge in [-0.05, 0) is 50.4 Å². The summed E-state index contributed by atoms with van der Waals surface area (Å²) >= 11 is 0. The van der Waals surface area contributed by atoms with Gasteiger partial charge in [-0.1, -0.05) is 26.2 Å². The van der Waals surface area contributed by atoms with Gasteiger partial charge in [-0.25, -0.2) is 0 Å². The molecule has 2 saturated carbocycles. The van der Waals surface area contributed by atoms with Crippen LogP contribution >= 0.6 is 12.4 Å². The summed E-state index contributed by atoms with van der Waals surface area (Å²) in [5.74, 6) is 1.64. The van der Waals surface area contributed by atoms with Crippen LogP contribution in [-0.2, 0) is 4.79 Å². The van der Waals surface area contributed by atoms with Crippen LogP contribution in [0.15, 0.2) is 0 Å². The third kappa shape index (κ3) is 5.14. The summed E-state index contributed by atoms with van der Waals surface area (Å²) in [5.41, 5.74) is 6.17. The van der Waals surface area contributed by atoms with E-state index < -0.39 is 0 Å². The molecule has 2 aliphatic carbocycles. The molecular weight excluding hydrogens is 284 g/mol. The number of rotatable bonds is 4. The van der Waals surface area contributed by atoms with E-state index in [4.69, 9.17) is 5.73 Å². The Kier molecular flexibility index (Phi) is 8.04. The van der Waals surface area contributed by atoms with Crippen LogP contribution in [0.4, 0.5) is 0 Å². The van der Waals surface area contributed by atoms with Crippen molar-refractivity contribution in [1.29, 1.82) is 0 Å². The van der Waals surface area contributed by atoms with Gasteiger partial charge in [0.1, 0.15) is 0 Å². The summed E-state index contributed by atoms with van der Waals surface area (Å²) in [7, 11) is 2.01. The third-order valence-corrected chi connectivity index (χ3v) is 5.74. The Hall–Kier alpha value is -0.280. The Morgan fingerprint density at radius 3 is 2.29 bits per heavy atom. The van der Waals surface area contributed by atoms with Crippen LogP contribution < -0.4 is 5.73 Å². The molecule has 0 aliphatic heterocycles. The second-order valence-corrected chi connectivity index (χ2v) is 7.00. The van der Waals surface area contributed by atoms with E-state index in [0.29, 0.717) is 24.3 Å².